The standard InChI is InChI=1S/C23H28N2O4S/c26-23(9-14-30(27,28)22-8-7-19-4-2-5-20(19)16-22)24-21-6-1-3-18(15-21)17-25-10-12-29-13-11-25/h1,3,6-8,15-16H,2,4-5,9-14,17H2,(H,24,26). The molecule has 0 saturated carbocycles. The van der Waals surface area contributed by atoms with Crippen LogP contribution in [-0.4, -0.2) is 51.3 Å². The molecule has 0 radical (unpaired) electrons. The fourth-order valence-corrected chi connectivity index (χ4v) is 5.36. The van der Waals surface area contributed by atoms with E-state index in [0.717, 1.165) is 63.2 Å². The highest BCUT2D eigenvalue weighted by Gasteiger charge is 2.20. The van der Waals surface area contributed by atoms with E-state index in [-0.39, 0.29) is 18.1 Å². The van der Waals surface area contributed by atoms with Gasteiger partial charge in [-0.3, -0.25) is 9.69 Å². The average Bonchev–Trinajstić information content (AvgIpc) is 3.21. The van der Waals surface area contributed by atoms with Crippen molar-refractivity contribution in [3.8, 4) is 0 Å². The van der Waals surface area contributed by atoms with Crippen LogP contribution in [0, 0.1) is 0 Å². The molecular weight excluding hydrogens is 400 g/mol. The van der Waals surface area contributed by atoms with E-state index < -0.39 is 9.84 Å². The lowest BCUT2D eigenvalue weighted by molar-refractivity contribution is -0.115. The Balaban J connectivity index is 1.32. The molecule has 0 atom stereocenters. The van der Waals surface area contributed by atoms with Crippen LogP contribution in [0.4, 0.5) is 5.69 Å². The average molecular weight is 429 g/mol. The minimum Gasteiger partial charge on any atom is -0.379 e. The number of anilines is 1. The number of rotatable bonds is 7. The quantitative estimate of drug-likeness (QED) is 0.734. The lowest BCUT2D eigenvalue weighted by atomic mass is 10.1. The third-order valence-electron chi connectivity index (χ3n) is 5.75. The van der Waals surface area contributed by atoms with Gasteiger partial charge in [-0.05, 0) is 60.2 Å². The van der Waals surface area contributed by atoms with Gasteiger partial charge in [0.05, 0.1) is 23.9 Å². The molecular formula is C23H28N2O4S. The predicted octanol–water partition coefficient (Wildman–Crippen LogP) is 2.81. The smallest absolute Gasteiger partial charge is 0.225 e. The van der Waals surface area contributed by atoms with E-state index in [1.807, 2.05) is 30.3 Å². The number of ether oxygens (including phenoxy) is 1. The molecule has 1 N–H and O–H groups in total. The number of hydrogen-bond donors (Lipinski definition) is 1. The maximum Gasteiger partial charge on any atom is 0.225 e. The highest BCUT2D eigenvalue weighted by molar-refractivity contribution is 7.91. The van der Waals surface area contributed by atoms with Crippen molar-refractivity contribution in [2.45, 2.75) is 37.1 Å². The van der Waals surface area contributed by atoms with Crippen molar-refractivity contribution >= 4 is 21.4 Å². The lowest BCUT2D eigenvalue weighted by Gasteiger charge is -2.26. The van der Waals surface area contributed by atoms with Gasteiger partial charge in [-0.2, -0.15) is 0 Å². The van der Waals surface area contributed by atoms with Gasteiger partial charge >= 0.3 is 0 Å². The summed E-state index contributed by atoms with van der Waals surface area (Å²) in [6, 6.07) is 13.1. The molecule has 30 heavy (non-hydrogen) atoms. The molecule has 0 bridgehead atoms. The fraction of sp³-hybridized carbons (Fsp3) is 0.435. The van der Waals surface area contributed by atoms with Crippen LogP contribution in [0.15, 0.2) is 47.4 Å². The van der Waals surface area contributed by atoms with Crippen LogP contribution in [0.2, 0.25) is 0 Å². The number of fused-ring (bicyclic) bond motifs is 1. The van der Waals surface area contributed by atoms with Crippen molar-refractivity contribution in [1.29, 1.82) is 0 Å². The molecule has 1 aliphatic heterocycles. The summed E-state index contributed by atoms with van der Waals surface area (Å²) in [7, 11) is -3.48. The molecule has 1 aliphatic carbocycles. The molecule has 2 aliphatic rings. The normalized spacial score (nSPS) is 16.9. The number of nitrogens with one attached hydrogen (secondary N) is 1. The number of hydrogen-bond acceptors (Lipinski definition) is 5. The van der Waals surface area contributed by atoms with E-state index >= 15 is 0 Å². The zero-order valence-corrected chi connectivity index (χ0v) is 17.9. The van der Waals surface area contributed by atoms with Gasteiger partial charge in [0.1, 0.15) is 0 Å². The highest BCUT2D eigenvalue weighted by atomic mass is 32.2. The summed E-state index contributed by atoms with van der Waals surface area (Å²) in [6.07, 6.45) is 2.96. The van der Waals surface area contributed by atoms with Crippen LogP contribution in [0.5, 0.6) is 0 Å². The molecule has 1 amide bonds. The van der Waals surface area contributed by atoms with Crippen molar-refractivity contribution in [2.24, 2.45) is 0 Å². The Morgan fingerprint density at radius 1 is 1.03 bits per heavy atom. The van der Waals surface area contributed by atoms with Crippen molar-refractivity contribution in [3.05, 3.63) is 59.2 Å². The van der Waals surface area contributed by atoms with Crippen LogP contribution in [0.3, 0.4) is 0 Å². The molecule has 2 aromatic carbocycles. The first-order chi connectivity index (χ1) is 14.5. The Hall–Kier alpha value is -2.22. The van der Waals surface area contributed by atoms with Crippen molar-refractivity contribution in [3.63, 3.8) is 0 Å². The third kappa shape index (κ3) is 5.28. The van der Waals surface area contributed by atoms with Crippen LogP contribution >= 0.6 is 0 Å². The molecule has 160 valence electrons. The molecule has 7 heteroatoms. The third-order valence-corrected chi connectivity index (χ3v) is 7.46. The number of morpholine rings is 1. The van der Waals surface area contributed by atoms with E-state index in [4.69, 9.17) is 4.74 Å². The van der Waals surface area contributed by atoms with E-state index in [0.29, 0.717) is 10.6 Å². The number of carbonyl (C=O) groups is 1. The minimum absolute atomic E-state index is 0.0624. The van der Waals surface area contributed by atoms with Crippen molar-refractivity contribution in [2.75, 3.05) is 37.4 Å². The Labute approximate surface area is 178 Å². The molecule has 4 rings (SSSR count). The zero-order chi connectivity index (χ0) is 21.0. The second-order valence-corrected chi connectivity index (χ2v) is 10.1. The fourth-order valence-electron chi connectivity index (χ4n) is 4.07. The number of nitrogens with zero attached hydrogens (tertiary/aromatic N) is 1. The highest BCUT2D eigenvalue weighted by Crippen LogP contribution is 2.25. The SMILES string of the molecule is O=C(CCS(=O)(=O)c1ccc2c(c1)CCC2)Nc1cccc(CN2CCOCC2)c1. The molecule has 0 spiro atoms. The number of carbonyl (C=O) groups excluding carboxylic acids is 1. The zero-order valence-electron chi connectivity index (χ0n) is 17.1. The summed E-state index contributed by atoms with van der Waals surface area (Å²) in [5.74, 6) is -0.478. The Morgan fingerprint density at radius 2 is 1.83 bits per heavy atom. The molecule has 0 aromatic heterocycles. The monoisotopic (exact) mass is 428 g/mol. The Morgan fingerprint density at radius 3 is 2.67 bits per heavy atom. The van der Waals surface area contributed by atoms with E-state index in [1.165, 1.54) is 5.56 Å². The van der Waals surface area contributed by atoms with Gasteiger partial charge < -0.3 is 10.1 Å². The Kier molecular flexibility index (Phi) is 6.51. The van der Waals surface area contributed by atoms with Gasteiger partial charge in [0.2, 0.25) is 5.91 Å². The summed E-state index contributed by atoms with van der Waals surface area (Å²) >= 11 is 0. The van der Waals surface area contributed by atoms with Gasteiger partial charge in [-0.1, -0.05) is 18.2 Å². The number of benzene rings is 2. The summed E-state index contributed by atoms with van der Waals surface area (Å²) < 4.78 is 30.7. The first-order valence-electron chi connectivity index (χ1n) is 10.5. The summed E-state index contributed by atoms with van der Waals surface area (Å²) in [5.41, 5.74) is 4.17. The summed E-state index contributed by atoms with van der Waals surface area (Å²) in [5, 5.41) is 2.84. The predicted molar refractivity (Wildman–Crippen MR) is 116 cm³/mol. The van der Waals surface area contributed by atoms with E-state index in [1.54, 1.807) is 12.1 Å². The first kappa shape index (κ1) is 21.0. The van der Waals surface area contributed by atoms with Gasteiger partial charge in [0.15, 0.2) is 9.84 Å². The van der Waals surface area contributed by atoms with Gasteiger partial charge in [0.25, 0.3) is 0 Å². The van der Waals surface area contributed by atoms with Gasteiger partial charge in [-0.25, -0.2) is 8.42 Å². The minimum atomic E-state index is -3.48. The van der Waals surface area contributed by atoms with Crippen LogP contribution in [0.1, 0.15) is 29.5 Å². The van der Waals surface area contributed by atoms with Crippen LogP contribution in [-0.2, 0) is 38.8 Å². The first-order valence-corrected chi connectivity index (χ1v) is 12.2. The van der Waals surface area contributed by atoms with Gasteiger partial charge in [0, 0.05) is 31.7 Å². The summed E-state index contributed by atoms with van der Waals surface area (Å²) in [6.45, 7) is 4.10. The maximum atomic E-state index is 12.7. The lowest BCUT2D eigenvalue weighted by Crippen LogP contribution is -2.35. The van der Waals surface area contributed by atoms with Crippen molar-refractivity contribution in [1.82, 2.24) is 4.90 Å². The maximum absolute atomic E-state index is 12.7. The second-order valence-electron chi connectivity index (χ2n) is 7.99. The van der Waals surface area contributed by atoms with Crippen LogP contribution in [0.25, 0.3) is 0 Å². The molecule has 1 saturated heterocycles. The molecule has 6 nitrogen and oxygen atoms in total. The Bertz CT molecular complexity index is 1010. The largest absolute Gasteiger partial charge is 0.379 e. The molecule has 1 heterocycles. The number of aryl methyl sites for hydroxylation is 2. The van der Waals surface area contributed by atoms with E-state index in [2.05, 4.69) is 10.2 Å². The van der Waals surface area contributed by atoms with Crippen molar-refractivity contribution < 1.29 is 17.9 Å². The summed E-state index contributed by atoms with van der Waals surface area (Å²) in [4.78, 5) is 15.0. The molecule has 1 fully saturated rings. The van der Waals surface area contributed by atoms with Crippen LogP contribution < -0.4 is 5.32 Å². The molecule has 0 unspecified atom stereocenters. The number of amides is 1. The van der Waals surface area contributed by atoms with Gasteiger partial charge in [-0.15, -0.1) is 0 Å². The van der Waals surface area contributed by atoms with E-state index in [9.17, 15) is 13.2 Å². The topological polar surface area (TPSA) is 75.7 Å². The molecule has 2 aromatic rings. The second kappa shape index (κ2) is 9.29. The number of sulfone groups is 1.